The van der Waals surface area contributed by atoms with E-state index < -0.39 is 12.1 Å². The van der Waals surface area contributed by atoms with Crippen molar-refractivity contribution in [3.8, 4) is 11.8 Å². The molecule has 0 heterocycles. The van der Waals surface area contributed by atoms with Crippen molar-refractivity contribution in [3.63, 3.8) is 0 Å². The number of anilines is 2. The molecule has 26 heavy (non-hydrogen) atoms. The number of rotatable bonds is 7. The molecule has 0 bridgehead atoms. The van der Waals surface area contributed by atoms with Crippen LogP contribution in [0.15, 0.2) is 48.5 Å². The summed E-state index contributed by atoms with van der Waals surface area (Å²) in [5.41, 5.74) is 1.61. The lowest BCUT2D eigenvalue weighted by molar-refractivity contribution is 0.0831. The van der Waals surface area contributed by atoms with Gasteiger partial charge in [0.15, 0.2) is 0 Å². The van der Waals surface area contributed by atoms with Crippen molar-refractivity contribution in [2.45, 2.75) is 6.10 Å². The molecule has 3 N–H and O–H groups in total. The normalized spacial score (nSPS) is 11.5. The lowest BCUT2D eigenvalue weighted by atomic mass is 10.2. The van der Waals surface area contributed by atoms with E-state index in [1.807, 2.05) is 25.1 Å². The van der Waals surface area contributed by atoms with Crippen molar-refractivity contribution in [3.05, 3.63) is 54.1 Å². The predicted octanol–water partition coefficient (Wildman–Crippen LogP) is 2.50. The zero-order valence-electron chi connectivity index (χ0n) is 14.8. The maximum absolute atomic E-state index is 12.0. The Labute approximate surface area is 152 Å². The lowest BCUT2D eigenvalue weighted by Crippen LogP contribution is -2.30. The third kappa shape index (κ3) is 6.43. The molecule has 0 aliphatic heterocycles. The van der Waals surface area contributed by atoms with Crippen LogP contribution in [-0.2, 0) is 0 Å². The van der Waals surface area contributed by atoms with Crippen LogP contribution in [0.1, 0.15) is 5.56 Å². The minimum atomic E-state index is -0.572. The number of nitriles is 1. The van der Waals surface area contributed by atoms with Gasteiger partial charge in [0.05, 0.1) is 11.6 Å². The molecule has 2 aromatic rings. The predicted molar refractivity (Wildman–Crippen MR) is 100 cm³/mol. The fourth-order valence-corrected chi connectivity index (χ4v) is 2.26. The molecular formula is C19H22N4O3. The van der Waals surface area contributed by atoms with Crippen molar-refractivity contribution in [1.82, 2.24) is 4.90 Å². The summed E-state index contributed by atoms with van der Waals surface area (Å²) in [7, 11) is 3.76. The number of urea groups is 1. The van der Waals surface area contributed by atoms with Crippen LogP contribution in [0, 0.1) is 11.3 Å². The number of carbonyl (C=O) groups is 1. The van der Waals surface area contributed by atoms with Gasteiger partial charge in [-0.15, -0.1) is 0 Å². The number of ether oxygens (including phenoxy) is 1. The molecule has 0 aliphatic carbocycles. The molecule has 1 atom stereocenters. The first-order chi connectivity index (χ1) is 12.5. The molecule has 0 aliphatic rings. The molecule has 1 unspecified atom stereocenters. The minimum absolute atomic E-state index is 0.195. The zero-order valence-corrected chi connectivity index (χ0v) is 14.8. The van der Waals surface area contributed by atoms with Gasteiger partial charge in [0, 0.05) is 17.9 Å². The van der Waals surface area contributed by atoms with Crippen molar-refractivity contribution in [2.75, 3.05) is 37.9 Å². The van der Waals surface area contributed by atoms with Crippen LogP contribution in [0.2, 0.25) is 0 Å². The molecule has 136 valence electrons. The number of hydrogen-bond donors (Lipinski definition) is 3. The topological polar surface area (TPSA) is 97.6 Å². The first-order valence-corrected chi connectivity index (χ1v) is 8.10. The first-order valence-electron chi connectivity index (χ1n) is 8.10. The molecule has 2 aromatic carbocycles. The van der Waals surface area contributed by atoms with Gasteiger partial charge >= 0.3 is 6.03 Å². The van der Waals surface area contributed by atoms with Gasteiger partial charge in [-0.3, -0.25) is 0 Å². The van der Waals surface area contributed by atoms with Gasteiger partial charge in [0.2, 0.25) is 0 Å². The van der Waals surface area contributed by atoms with E-state index in [0.29, 0.717) is 29.2 Å². The maximum atomic E-state index is 12.0. The number of carbonyl (C=O) groups excluding carboxylic acids is 1. The Morgan fingerprint density at radius 3 is 2.54 bits per heavy atom. The molecule has 7 nitrogen and oxygen atoms in total. The number of benzene rings is 2. The fourth-order valence-electron chi connectivity index (χ4n) is 2.26. The molecule has 0 saturated heterocycles. The quantitative estimate of drug-likeness (QED) is 0.710. The van der Waals surface area contributed by atoms with E-state index in [2.05, 4.69) is 10.6 Å². The second-order valence-electron chi connectivity index (χ2n) is 6.02. The molecule has 7 heteroatoms. The number of nitrogens with zero attached hydrogens (tertiary/aromatic N) is 2. The molecule has 0 spiro atoms. The van der Waals surface area contributed by atoms with E-state index in [4.69, 9.17) is 10.00 Å². The molecule has 2 rings (SSSR count). The Bertz CT molecular complexity index is 769. The van der Waals surface area contributed by atoms with E-state index in [0.717, 1.165) is 0 Å². The van der Waals surface area contributed by atoms with Gasteiger partial charge in [-0.2, -0.15) is 5.26 Å². The van der Waals surface area contributed by atoms with Gasteiger partial charge in [-0.05, 0) is 56.6 Å². The summed E-state index contributed by atoms with van der Waals surface area (Å²) in [4.78, 5) is 13.9. The summed E-state index contributed by atoms with van der Waals surface area (Å²) < 4.78 is 5.51. The standard InChI is InChI=1S/C19H22N4O3/c1-23(2)12-17(24)13-26-18-8-6-15(7-9-18)21-19(25)22-16-5-3-4-14(10-16)11-20/h3-10,17,24H,12-13H2,1-2H3,(H2,21,22,25). The van der Waals surface area contributed by atoms with Crippen molar-refractivity contribution in [1.29, 1.82) is 5.26 Å². The third-order valence-corrected chi connectivity index (χ3v) is 3.38. The van der Waals surface area contributed by atoms with E-state index in [1.54, 1.807) is 48.5 Å². The number of likely N-dealkylation sites (N-methyl/N-ethyl adjacent to an activating group) is 1. The van der Waals surface area contributed by atoms with Crippen LogP contribution in [0.4, 0.5) is 16.2 Å². The maximum Gasteiger partial charge on any atom is 0.323 e. The molecule has 0 radical (unpaired) electrons. The van der Waals surface area contributed by atoms with Gasteiger partial charge in [0.1, 0.15) is 18.5 Å². The highest BCUT2D eigenvalue weighted by Crippen LogP contribution is 2.17. The van der Waals surface area contributed by atoms with Crippen molar-refractivity contribution in [2.24, 2.45) is 0 Å². The zero-order chi connectivity index (χ0) is 18.9. The molecular weight excluding hydrogens is 332 g/mol. The Balaban J connectivity index is 1.84. The van der Waals surface area contributed by atoms with Crippen LogP contribution in [0.5, 0.6) is 5.75 Å². The summed E-state index contributed by atoms with van der Waals surface area (Å²) in [6.07, 6.45) is -0.572. The second-order valence-corrected chi connectivity index (χ2v) is 6.02. The first kappa shape index (κ1) is 19.2. The van der Waals surface area contributed by atoms with Crippen molar-refractivity contribution < 1.29 is 14.6 Å². The van der Waals surface area contributed by atoms with Gasteiger partial charge < -0.3 is 25.4 Å². The average molecular weight is 354 g/mol. The molecule has 0 fully saturated rings. The fraction of sp³-hybridized carbons (Fsp3) is 0.263. The van der Waals surface area contributed by atoms with E-state index in [9.17, 15) is 9.90 Å². The van der Waals surface area contributed by atoms with Crippen LogP contribution < -0.4 is 15.4 Å². The molecule has 0 saturated carbocycles. The average Bonchev–Trinajstić information content (AvgIpc) is 2.60. The monoisotopic (exact) mass is 354 g/mol. The van der Waals surface area contributed by atoms with Crippen LogP contribution >= 0.6 is 0 Å². The van der Waals surface area contributed by atoms with Crippen LogP contribution in [0.25, 0.3) is 0 Å². The van der Waals surface area contributed by atoms with E-state index >= 15 is 0 Å². The number of aliphatic hydroxyl groups excluding tert-OH is 1. The highest BCUT2D eigenvalue weighted by atomic mass is 16.5. The second kappa shape index (κ2) is 9.42. The van der Waals surface area contributed by atoms with E-state index in [-0.39, 0.29) is 6.61 Å². The molecule has 0 aromatic heterocycles. The van der Waals surface area contributed by atoms with Gasteiger partial charge in [0.25, 0.3) is 0 Å². The highest BCUT2D eigenvalue weighted by molar-refractivity contribution is 5.99. The minimum Gasteiger partial charge on any atom is -0.491 e. The smallest absolute Gasteiger partial charge is 0.323 e. The Hall–Kier alpha value is -3.08. The summed E-state index contributed by atoms with van der Waals surface area (Å²) >= 11 is 0. The van der Waals surface area contributed by atoms with E-state index in [1.165, 1.54) is 0 Å². The highest BCUT2D eigenvalue weighted by Gasteiger charge is 2.07. The Morgan fingerprint density at radius 1 is 1.19 bits per heavy atom. The summed E-state index contributed by atoms with van der Waals surface area (Å²) in [5.74, 6) is 0.607. The summed E-state index contributed by atoms with van der Waals surface area (Å²) in [6.45, 7) is 0.716. The summed E-state index contributed by atoms with van der Waals surface area (Å²) in [6, 6.07) is 15.1. The summed E-state index contributed by atoms with van der Waals surface area (Å²) in [5, 5.41) is 24.0. The van der Waals surface area contributed by atoms with Crippen molar-refractivity contribution >= 4 is 17.4 Å². The third-order valence-electron chi connectivity index (χ3n) is 3.38. The largest absolute Gasteiger partial charge is 0.491 e. The molecule has 2 amide bonds. The SMILES string of the molecule is CN(C)CC(O)COc1ccc(NC(=O)Nc2cccc(C#N)c2)cc1. The Kier molecular flexibility index (Phi) is 6.97. The number of aliphatic hydroxyl groups is 1. The number of hydrogen-bond acceptors (Lipinski definition) is 5. The number of nitrogens with one attached hydrogen (secondary N) is 2. The van der Waals surface area contributed by atoms with Gasteiger partial charge in [-0.25, -0.2) is 4.79 Å². The number of amides is 2. The Morgan fingerprint density at radius 2 is 1.88 bits per heavy atom. The van der Waals surface area contributed by atoms with Crippen LogP contribution in [0.3, 0.4) is 0 Å². The lowest BCUT2D eigenvalue weighted by Gasteiger charge is -2.16. The van der Waals surface area contributed by atoms with Gasteiger partial charge in [-0.1, -0.05) is 6.07 Å². The van der Waals surface area contributed by atoms with Crippen LogP contribution in [-0.4, -0.2) is 49.4 Å².